The van der Waals surface area contributed by atoms with Crippen molar-refractivity contribution >= 4 is 14.0 Å². The van der Waals surface area contributed by atoms with Crippen LogP contribution >= 0.6 is 0 Å². The van der Waals surface area contributed by atoms with Crippen LogP contribution in [0.4, 0.5) is 0 Å². The maximum absolute atomic E-state index is 10.7. The molecule has 64 valence electrons. The molecule has 1 N–H and O–H groups in total. The number of hydrogen-bond donors (Lipinski definition) is 1. The summed E-state index contributed by atoms with van der Waals surface area (Å²) in [5.74, 6) is -0.662. The molecular weight excluding hydrogens is 158 g/mol. The largest absolute Gasteiger partial charge is 0.480 e. The summed E-state index contributed by atoms with van der Waals surface area (Å²) in [7, 11) is 0.719. The van der Waals surface area contributed by atoms with Gasteiger partial charge in [0.05, 0.1) is 8.07 Å². The highest BCUT2D eigenvalue weighted by atomic mass is 28.3. The average molecular weight is 173 g/mol. The molecule has 4 heteroatoms. The lowest BCUT2D eigenvalue weighted by Gasteiger charge is -2.14. The van der Waals surface area contributed by atoms with E-state index in [-0.39, 0.29) is 6.04 Å². The third kappa shape index (κ3) is 1.81. The quantitative estimate of drug-likeness (QED) is 0.591. The topological polar surface area (TPSA) is 40.5 Å². The molecule has 0 radical (unpaired) electrons. The molecule has 1 saturated heterocycles. The van der Waals surface area contributed by atoms with Crippen LogP contribution in [0.3, 0.4) is 0 Å². The van der Waals surface area contributed by atoms with Crippen LogP contribution < -0.4 is 0 Å². The number of carboxylic acid groups (broad SMARTS) is 1. The lowest BCUT2D eigenvalue weighted by molar-refractivity contribution is -0.141. The zero-order valence-electron chi connectivity index (χ0n) is 7.29. The molecule has 1 atom stereocenters. The van der Waals surface area contributed by atoms with E-state index in [0.29, 0.717) is 0 Å². The molecule has 0 aliphatic carbocycles. The van der Waals surface area contributed by atoms with Gasteiger partial charge in [0.25, 0.3) is 0 Å². The van der Waals surface area contributed by atoms with Crippen molar-refractivity contribution in [2.75, 3.05) is 13.2 Å². The van der Waals surface area contributed by atoms with Gasteiger partial charge in [0, 0.05) is 0 Å². The van der Waals surface area contributed by atoms with Crippen LogP contribution in [0, 0.1) is 0 Å². The monoisotopic (exact) mass is 173 g/mol. The first-order valence-corrected chi connectivity index (χ1v) is 7.27. The van der Waals surface area contributed by atoms with Gasteiger partial charge < -0.3 is 5.11 Å². The van der Waals surface area contributed by atoms with Crippen LogP contribution in [-0.4, -0.2) is 43.3 Å². The van der Waals surface area contributed by atoms with Crippen molar-refractivity contribution in [2.45, 2.75) is 25.2 Å². The Balaban J connectivity index is 2.66. The highest BCUT2D eigenvalue weighted by Crippen LogP contribution is 2.24. The van der Waals surface area contributed by atoms with E-state index in [9.17, 15) is 4.79 Å². The third-order valence-corrected chi connectivity index (χ3v) is 5.09. The van der Waals surface area contributed by atoms with Crippen LogP contribution in [0.15, 0.2) is 0 Å². The zero-order chi connectivity index (χ0) is 8.65. The average Bonchev–Trinajstić information content (AvgIpc) is 2.05. The third-order valence-electron chi connectivity index (χ3n) is 2.24. The molecule has 1 aliphatic heterocycles. The number of hydrogen-bond acceptors (Lipinski definition) is 2. The molecule has 0 amide bonds. The summed E-state index contributed by atoms with van der Waals surface area (Å²) in [6, 6.07) is 0.690. The molecule has 0 aromatic rings. The van der Waals surface area contributed by atoms with E-state index < -0.39 is 14.0 Å². The molecule has 11 heavy (non-hydrogen) atoms. The van der Waals surface area contributed by atoms with Gasteiger partial charge in [-0.15, -0.1) is 0 Å². The van der Waals surface area contributed by atoms with Crippen LogP contribution in [0.1, 0.15) is 0 Å². The molecule has 0 aromatic carbocycles. The van der Waals surface area contributed by atoms with E-state index in [0.717, 1.165) is 12.2 Å². The van der Waals surface area contributed by atoms with Crippen molar-refractivity contribution in [3.05, 3.63) is 0 Å². The first-order valence-electron chi connectivity index (χ1n) is 3.85. The summed E-state index contributed by atoms with van der Waals surface area (Å²) in [5, 5.41) is 8.80. The fourth-order valence-corrected chi connectivity index (χ4v) is 5.04. The van der Waals surface area contributed by atoms with Gasteiger partial charge in [0.1, 0.15) is 6.04 Å². The van der Waals surface area contributed by atoms with Crippen LogP contribution in [0.25, 0.3) is 0 Å². The Morgan fingerprint density at radius 3 is 2.36 bits per heavy atom. The molecule has 0 spiro atoms. The predicted octanol–water partition coefficient (Wildman–Crippen LogP) is 0.633. The van der Waals surface area contributed by atoms with Gasteiger partial charge in [-0.3, -0.25) is 9.69 Å². The number of rotatable bonds is 1. The van der Waals surface area contributed by atoms with Gasteiger partial charge in [-0.2, -0.15) is 0 Å². The fourth-order valence-electron chi connectivity index (χ4n) is 1.80. The molecule has 0 unspecified atom stereocenters. The summed E-state index contributed by atoms with van der Waals surface area (Å²) in [6.45, 7) is 4.49. The maximum Gasteiger partial charge on any atom is 0.320 e. The summed E-state index contributed by atoms with van der Waals surface area (Å²) in [4.78, 5) is 12.6. The Morgan fingerprint density at radius 1 is 1.64 bits per heavy atom. The standard InChI is InChI=1S/C7H15NO2Si/c1-8-5-11(2,3)4-6(8)7(9)10/h6H,4-5H2,1-3H3,(H,9,10)/t6-/m0/s1. The first kappa shape index (κ1) is 8.74. The number of aliphatic carboxylic acids is 1. The van der Waals surface area contributed by atoms with Crippen LogP contribution in [-0.2, 0) is 4.79 Å². The Bertz CT molecular complexity index is 181. The number of carbonyl (C=O) groups is 1. The minimum Gasteiger partial charge on any atom is -0.480 e. The molecule has 3 nitrogen and oxygen atoms in total. The second-order valence-electron chi connectivity index (χ2n) is 4.14. The van der Waals surface area contributed by atoms with Crippen LogP contribution in [0.2, 0.25) is 19.1 Å². The minimum absolute atomic E-state index is 0.211. The minimum atomic E-state index is -1.18. The number of nitrogens with zero attached hydrogens (tertiary/aromatic N) is 1. The van der Waals surface area contributed by atoms with Crippen molar-refractivity contribution in [1.29, 1.82) is 0 Å². The fraction of sp³-hybridized carbons (Fsp3) is 0.857. The lowest BCUT2D eigenvalue weighted by Crippen LogP contribution is -2.32. The Morgan fingerprint density at radius 2 is 2.18 bits per heavy atom. The molecule has 0 aromatic heterocycles. The Labute approximate surface area is 68.0 Å². The van der Waals surface area contributed by atoms with E-state index in [4.69, 9.17) is 5.11 Å². The maximum atomic E-state index is 10.7. The first-order chi connectivity index (χ1) is 4.92. The van der Waals surface area contributed by atoms with E-state index in [2.05, 4.69) is 13.1 Å². The lowest BCUT2D eigenvalue weighted by atomic mass is 10.3. The van der Waals surface area contributed by atoms with E-state index in [1.165, 1.54) is 0 Å². The zero-order valence-corrected chi connectivity index (χ0v) is 8.29. The smallest absolute Gasteiger partial charge is 0.320 e. The van der Waals surface area contributed by atoms with E-state index >= 15 is 0 Å². The number of likely N-dealkylation sites (N-methyl/N-ethyl adjacent to an activating group) is 1. The Hall–Kier alpha value is -0.353. The predicted molar refractivity (Wildman–Crippen MR) is 46.3 cm³/mol. The molecule has 1 heterocycles. The molecule has 1 rings (SSSR count). The SMILES string of the molecule is CN1C[Si](C)(C)C[C@H]1C(=O)O. The van der Waals surface area contributed by atoms with Gasteiger partial charge >= 0.3 is 5.97 Å². The van der Waals surface area contributed by atoms with Gasteiger partial charge in [-0.1, -0.05) is 13.1 Å². The van der Waals surface area contributed by atoms with Gasteiger partial charge in [-0.05, 0) is 19.3 Å². The summed E-state index contributed by atoms with van der Waals surface area (Å²) in [6.07, 6.45) is 1.02. The second kappa shape index (κ2) is 2.60. The molecule has 0 saturated carbocycles. The molecule has 0 bridgehead atoms. The van der Waals surface area contributed by atoms with Gasteiger partial charge in [0.15, 0.2) is 0 Å². The summed E-state index contributed by atoms with van der Waals surface area (Å²) in [5.41, 5.74) is 0. The molecular formula is C7H15NO2Si. The summed E-state index contributed by atoms with van der Waals surface area (Å²) >= 11 is 0. The van der Waals surface area contributed by atoms with Gasteiger partial charge in [0.2, 0.25) is 0 Å². The van der Waals surface area contributed by atoms with Crippen molar-refractivity contribution in [3.63, 3.8) is 0 Å². The van der Waals surface area contributed by atoms with Gasteiger partial charge in [-0.25, -0.2) is 0 Å². The highest BCUT2D eigenvalue weighted by molar-refractivity contribution is 6.78. The second-order valence-corrected chi connectivity index (χ2v) is 9.19. The summed E-state index contributed by atoms with van der Waals surface area (Å²) < 4.78 is 0. The number of carboxylic acids is 1. The Kier molecular flexibility index (Phi) is 2.07. The van der Waals surface area contributed by atoms with E-state index in [1.54, 1.807) is 0 Å². The van der Waals surface area contributed by atoms with Crippen molar-refractivity contribution in [1.82, 2.24) is 4.90 Å². The van der Waals surface area contributed by atoms with Crippen LogP contribution in [0.5, 0.6) is 0 Å². The normalized spacial score (nSPS) is 30.6. The van der Waals surface area contributed by atoms with E-state index in [1.807, 2.05) is 11.9 Å². The van der Waals surface area contributed by atoms with Crippen molar-refractivity contribution < 1.29 is 9.90 Å². The van der Waals surface area contributed by atoms with Crippen molar-refractivity contribution in [3.8, 4) is 0 Å². The van der Waals surface area contributed by atoms with Crippen molar-refractivity contribution in [2.24, 2.45) is 0 Å². The highest BCUT2D eigenvalue weighted by Gasteiger charge is 2.40. The molecule has 1 aliphatic rings. The molecule has 1 fully saturated rings.